The van der Waals surface area contributed by atoms with Crippen molar-refractivity contribution in [2.24, 2.45) is 0 Å². The standard InChI is InChI=1S/C14H21FN2O/c1-3-17-8-9-18-13(10-16-2)14(17)11-6-4-5-7-12(11)15/h4-7,13-14,16H,3,8-10H2,1-2H3. The molecule has 0 amide bonds. The smallest absolute Gasteiger partial charge is 0.128 e. The third-order valence-electron chi connectivity index (χ3n) is 3.49. The number of hydrogen-bond acceptors (Lipinski definition) is 3. The Hall–Kier alpha value is -0.970. The van der Waals surface area contributed by atoms with E-state index in [0.717, 1.165) is 25.2 Å². The summed E-state index contributed by atoms with van der Waals surface area (Å²) in [4.78, 5) is 2.28. The molecule has 1 aliphatic heterocycles. The maximum absolute atomic E-state index is 14.0. The molecule has 18 heavy (non-hydrogen) atoms. The molecule has 100 valence electrons. The first-order valence-electron chi connectivity index (χ1n) is 6.52. The van der Waals surface area contributed by atoms with Crippen LogP contribution in [0.15, 0.2) is 24.3 Å². The first-order chi connectivity index (χ1) is 8.77. The van der Waals surface area contributed by atoms with E-state index in [1.807, 2.05) is 19.2 Å². The number of nitrogens with zero attached hydrogens (tertiary/aromatic N) is 1. The van der Waals surface area contributed by atoms with Crippen LogP contribution in [0.25, 0.3) is 0 Å². The van der Waals surface area contributed by atoms with Crippen molar-refractivity contribution >= 4 is 0 Å². The topological polar surface area (TPSA) is 24.5 Å². The van der Waals surface area contributed by atoms with Crippen molar-refractivity contribution in [1.29, 1.82) is 0 Å². The Morgan fingerprint density at radius 3 is 2.89 bits per heavy atom. The van der Waals surface area contributed by atoms with Gasteiger partial charge in [-0.1, -0.05) is 25.1 Å². The summed E-state index contributed by atoms with van der Waals surface area (Å²) in [7, 11) is 1.90. The van der Waals surface area contributed by atoms with Gasteiger partial charge in [0.05, 0.1) is 18.8 Å². The van der Waals surface area contributed by atoms with Crippen LogP contribution in [0.4, 0.5) is 4.39 Å². The summed E-state index contributed by atoms with van der Waals surface area (Å²) in [6.07, 6.45) is 0.000556. The maximum Gasteiger partial charge on any atom is 0.128 e. The van der Waals surface area contributed by atoms with Gasteiger partial charge >= 0.3 is 0 Å². The number of morpholine rings is 1. The molecule has 1 aliphatic rings. The lowest BCUT2D eigenvalue weighted by Crippen LogP contribution is -2.48. The minimum atomic E-state index is -0.146. The van der Waals surface area contributed by atoms with Crippen molar-refractivity contribution in [3.63, 3.8) is 0 Å². The van der Waals surface area contributed by atoms with Crippen LogP contribution in [0, 0.1) is 5.82 Å². The maximum atomic E-state index is 14.0. The fraction of sp³-hybridized carbons (Fsp3) is 0.571. The fourth-order valence-corrected chi connectivity index (χ4v) is 2.63. The zero-order valence-electron chi connectivity index (χ0n) is 11.0. The third-order valence-corrected chi connectivity index (χ3v) is 3.49. The zero-order chi connectivity index (χ0) is 13.0. The number of hydrogen-bond donors (Lipinski definition) is 1. The summed E-state index contributed by atoms with van der Waals surface area (Å²) < 4.78 is 19.8. The van der Waals surface area contributed by atoms with E-state index < -0.39 is 0 Å². The second kappa shape index (κ2) is 6.27. The second-order valence-corrected chi connectivity index (χ2v) is 4.56. The monoisotopic (exact) mass is 252 g/mol. The molecule has 2 rings (SSSR count). The SMILES string of the molecule is CCN1CCOC(CNC)C1c1ccccc1F. The Morgan fingerprint density at radius 2 is 2.22 bits per heavy atom. The Morgan fingerprint density at radius 1 is 1.44 bits per heavy atom. The number of ether oxygens (including phenoxy) is 1. The van der Waals surface area contributed by atoms with Gasteiger partial charge in [0, 0.05) is 18.7 Å². The molecule has 1 aromatic rings. The molecule has 0 spiro atoms. The van der Waals surface area contributed by atoms with Crippen LogP contribution in [-0.2, 0) is 4.74 Å². The molecule has 1 heterocycles. The molecular formula is C14H21FN2O. The van der Waals surface area contributed by atoms with Crippen LogP contribution in [0.1, 0.15) is 18.5 Å². The minimum absolute atomic E-state index is 0.000556. The molecule has 3 nitrogen and oxygen atoms in total. The van der Waals surface area contributed by atoms with Crippen molar-refractivity contribution in [2.75, 3.05) is 33.3 Å². The van der Waals surface area contributed by atoms with Crippen molar-refractivity contribution in [3.8, 4) is 0 Å². The van der Waals surface area contributed by atoms with Gasteiger partial charge in [0.25, 0.3) is 0 Å². The molecule has 0 saturated carbocycles. The van der Waals surface area contributed by atoms with E-state index in [-0.39, 0.29) is 18.0 Å². The van der Waals surface area contributed by atoms with E-state index in [0.29, 0.717) is 6.61 Å². The average molecular weight is 252 g/mol. The van der Waals surface area contributed by atoms with Gasteiger partial charge in [-0.2, -0.15) is 0 Å². The minimum Gasteiger partial charge on any atom is -0.374 e. The molecule has 1 saturated heterocycles. The summed E-state index contributed by atoms with van der Waals surface area (Å²) in [5.41, 5.74) is 0.735. The van der Waals surface area contributed by atoms with Gasteiger partial charge < -0.3 is 10.1 Å². The van der Waals surface area contributed by atoms with E-state index in [9.17, 15) is 4.39 Å². The average Bonchev–Trinajstić information content (AvgIpc) is 2.40. The molecular weight excluding hydrogens is 231 g/mol. The van der Waals surface area contributed by atoms with Gasteiger partial charge in [0.1, 0.15) is 5.82 Å². The highest BCUT2D eigenvalue weighted by molar-refractivity contribution is 5.23. The third kappa shape index (κ3) is 2.71. The van der Waals surface area contributed by atoms with E-state index >= 15 is 0 Å². The number of likely N-dealkylation sites (N-methyl/N-ethyl adjacent to an activating group) is 2. The zero-order valence-corrected chi connectivity index (χ0v) is 11.0. The van der Waals surface area contributed by atoms with E-state index in [2.05, 4.69) is 17.1 Å². The van der Waals surface area contributed by atoms with Gasteiger partial charge in [0.15, 0.2) is 0 Å². The van der Waals surface area contributed by atoms with Gasteiger partial charge in [-0.3, -0.25) is 4.90 Å². The number of nitrogens with one attached hydrogen (secondary N) is 1. The summed E-state index contributed by atoms with van der Waals surface area (Å²) in [6.45, 7) is 5.31. The predicted octanol–water partition coefficient (Wildman–Crippen LogP) is 1.81. The van der Waals surface area contributed by atoms with Crippen LogP contribution in [0.2, 0.25) is 0 Å². The first kappa shape index (κ1) is 13.5. The number of rotatable bonds is 4. The highest BCUT2D eigenvalue weighted by Crippen LogP contribution is 2.30. The van der Waals surface area contributed by atoms with Crippen LogP contribution < -0.4 is 5.32 Å². The van der Waals surface area contributed by atoms with E-state index in [1.165, 1.54) is 6.07 Å². The molecule has 0 radical (unpaired) electrons. The molecule has 0 aliphatic carbocycles. The van der Waals surface area contributed by atoms with Crippen LogP contribution in [0.5, 0.6) is 0 Å². The molecule has 2 unspecified atom stereocenters. The van der Waals surface area contributed by atoms with Crippen molar-refractivity contribution < 1.29 is 9.13 Å². The lowest BCUT2D eigenvalue weighted by atomic mass is 9.97. The first-order valence-corrected chi connectivity index (χ1v) is 6.52. The Kier molecular flexibility index (Phi) is 4.69. The highest BCUT2D eigenvalue weighted by atomic mass is 19.1. The van der Waals surface area contributed by atoms with Crippen LogP contribution in [-0.4, -0.2) is 44.3 Å². The molecule has 4 heteroatoms. The highest BCUT2D eigenvalue weighted by Gasteiger charge is 2.33. The Bertz CT molecular complexity index is 384. The molecule has 1 aromatic carbocycles. The number of halogens is 1. The largest absolute Gasteiger partial charge is 0.374 e. The van der Waals surface area contributed by atoms with Crippen LogP contribution >= 0.6 is 0 Å². The summed E-state index contributed by atoms with van der Waals surface area (Å²) >= 11 is 0. The molecule has 1 fully saturated rings. The summed E-state index contributed by atoms with van der Waals surface area (Å²) in [5.74, 6) is -0.146. The molecule has 0 aromatic heterocycles. The fourth-order valence-electron chi connectivity index (χ4n) is 2.63. The number of benzene rings is 1. The van der Waals surface area contributed by atoms with E-state index in [4.69, 9.17) is 4.74 Å². The summed E-state index contributed by atoms with van der Waals surface area (Å²) in [5, 5.41) is 3.13. The lowest BCUT2D eigenvalue weighted by molar-refractivity contribution is -0.0696. The van der Waals surface area contributed by atoms with Gasteiger partial charge in [-0.15, -0.1) is 0 Å². The normalized spacial score (nSPS) is 25.3. The second-order valence-electron chi connectivity index (χ2n) is 4.56. The predicted molar refractivity (Wildman–Crippen MR) is 70.1 cm³/mol. The Labute approximate surface area is 108 Å². The van der Waals surface area contributed by atoms with Gasteiger partial charge in [-0.05, 0) is 19.7 Å². The van der Waals surface area contributed by atoms with Crippen molar-refractivity contribution in [1.82, 2.24) is 10.2 Å². The van der Waals surface area contributed by atoms with Crippen LogP contribution in [0.3, 0.4) is 0 Å². The van der Waals surface area contributed by atoms with Gasteiger partial charge in [-0.25, -0.2) is 4.39 Å². The van der Waals surface area contributed by atoms with E-state index in [1.54, 1.807) is 6.07 Å². The molecule has 1 N–H and O–H groups in total. The lowest BCUT2D eigenvalue weighted by Gasteiger charge is -2.41. The molecule has 2 atom stereocenters. The van der Waals surface area contributed by atoms with Crippen molar-refractivity contribution in [3.05, 3.63) is 35.6 Å². The molecule has 0 bridgehead atoms. The van der Waals surface area contributed by atoms with Crippen molar-refractivity contribution in [2.45, 2.75) is 19.1 Å². The quantitative estimate of drug-likeness (QED) is 0.884. The van der Waals surface area contributed by atoms with Gasteiger partial charge in [0.2, 0.25) is 0 Å². The summed E-state index contributed by atoms with van der Waals surface area (Å²) in [6, 6.07) is 7.00. The Balaban J connectivity index is 2.30.